The SMILES string of the molecule is [CH-]=CCCCCCCCCCCC.[CH-]=CCCCCCCCCCCC.[Cu+2].[Li]. The molecule has 2 heteroatoms. The second kappa shape index (κ2) is 38.2. The zero-order valence-electron chi connectivity index (χ0n) is 19.8. The maximum atomic E-state index is 5.30. The Morgan fingerprint density at radius 2 is 0.643 bits per heavy atom. The van der Waals surface area contributed by atoms with Crippen LogP contribution in [0.2, 0.25) is 0 Å². The first kappa shape index (κ1) is 36.0. The van der Waals surface area contributed by atoms with E-state index in [1.165, 1.54) is 116 Å². The van der Waals surface area contributed by atoms with E-state index in [9.17, 15) is 0 Å². The summed E-state index contributed by atoms with van der Waals surface area (Å²) in [7, 11) is 0. The van der Waals surface area contributed by atoms with E-state index in [0.29, 0.717) is 0 Å². The monoisotopic (exact) mass is 432 g/mol. The number of rotatable bonds is 20. The molecule has 0 heterocycles. The second-order valence-electron chi connectivity index (χ2n) is 7.71. The Hall–Kier alpha value is 0.597. The van der Waals surface area contributed by atoms with Crippen molar-refractivity contribution in [1.82, 2.24) is 0 Å². The topological polar surface area (TPSA) is 0 Å². The van der Waals surface area contributed by atoms with Gasteiger partial charge in [0.05, 0.1) is 0 Å². The van der Waals surface area contributed by atoms with Crippen molar-refractivity contribution < 1.29 is 17.1 Å². The van der Waals surface area contributed by atoms with Crippen LogP contribution in [0, 0.1) is 13.2 Å². The molecule has 0 saturated heterocycles. The van der Waals surface area contributed by atoms with Crippen LogP contribution >= 0.6 is 0 Å². The van der Waals surface area contributed by atoms with Crippen molar-refractivity contribution in [3.63, 3.8) is 0 Å². The molecule has 0 unspecified atom stereocenters. The van der Waals surface area contributed by atoms with E-state index in [-0.39, 0.29) is 35.9 Å². The normalized spacial score (nSPS) is 9.50. The Morgan fingerprint density at radius 3 is 0.857 bits per heavy atom. The maximum Gasteiger partial charge on any atom is 2.00 e. The van der Waals surface area contributed by atoms with Gasteiger partial charge in [-0.1, -0.05) is 142 Å². The zero-order valence-corrected chi connectivity index (χ0v) is 20.7. The Morgan fingerprint density at radius 1 is 0.429 bits per heavy atom. The van der Waals surface area contributed by atoms with Gasteiger partial charge < -0.3 is 13.2 Å². The van der Waals surface area contributed by atoms with Crippen molar-refractivity contribution >= 4 is 18.9 Å². The fourth-order valence-electron chi connectivity index (χ4n) is 3.15. The van der Waals surface area contributed by atoms with Gasteiger partial charge in [-0.05, 0) is 0 Å². The summed E-state index contributed by atoms with van der Waals surface area (Å²) in [5, 5.41) is 0. The number of hydrogen-bond donors (Lipinski definition) is 0. The molecule has 166 valence electrons. The van der Waals surface area contributed by atoms with E-state index < -0.39 is 0 Å². The second-order valence-corrected chi connectivity index (χ2v) is 7.71. The fourth-order valence-corrected chi connectivity index (χ4v) is 3.15. The Kier molecular flexibility index (Phi) is 49.2. The largest absolute Gasteiger partial charge is 2.00 e. The van der Waals surface area contributed by atoms with Gasteiger partial charge in [-0.15, -0.1) is 0 Å². The maximum absolute atomic E-state index is 5.30. The van der Waals surface area contributed by atoms with Gasteiger partial charge in [0.15, 0.2) is 0 Å². The Bertz CT molecular complexity index is 227. The molecule has 0 spiro atoms. The molecule has 28 heavy (non-hydrogen) atoms. The van der Waals surface area contributed by atoms with Gasteiger partial charge in [0.2, 0.25) is 0 Å². The van der Waals surface area contributed by atoms with Crippen LogP contribution in [0.25, 0.3) is 0 Å². The van der Waals surface area contributed by atoms with Crippen molar-refractivity contribution in [1.29, 1.82) is 0 Å². The third-order valence-electron chi connectivity index (χ3n) is 4.95. The van der Waals surface area contributed by atoms with Crippen molar-refractivity contribution in [3.05, 3.63) is 25.3 Å². The van der Waals surface area contributed by atoms with Crippen LogP contribution in [-0.4, -0.2) is 18.9 Å². The van der Waals surface area contributed by atoms with E-state index in [0.717, 1.165) is 12.8 Å². The minimum Gasteiger partial charge on any atom is -0.518 e. The van der Waals surface area contributed by atoms with Crippen LogP contribution in [0.5, 0.6) is 0 Å². The van der Waals surface area contributed by atoms with E-state index in [1.807, 2.05) is 0 Å². The van der Waals surface area contributed by atoms with Crippen LogP contribution in [0.4, 0.5) is 0 Å². The minimum absolute atomic E-state index is 0. The predicted octanol–water partition coefficient (Wildman–Crippen LogP) is 9.41. The first-order valence-corrected chi connectivity index (χ1v) is 11.9. The summed E-state index contributed by atoms with van der Waals surface area (Å²) < 4.78 is 0. The van der Waals surface area contributed by atoms with Crippen LogP contribution in [-0.2, 0) is 17.1 Å². The third kappa shape index (κ3) is 41.1. The van der Waals surface area contributed by atoms with E-state index in [4.69, 9.17) is 13.2 Å². The summed E-state index contributed by atoms with van der Waals surface area (Å²) in [5.41, 5.74) is 0. The van der Waals surface area contributed by atoms with Gasteiger partial charge in [-0.25, -0.2) is 0 Å². The van der Waals surface area contributed by atoms with Gasteiger partial charge in [0.25, 0.3) is 0 Å². The number of allylic oxidation sites excluding steroid dienone is 2. The molecular formula is C26H50CuLi. The molecule has 0 bridgehead atoms. The molecule has 2 radical (unpaired) electrons. The molecule has 0 aliphatic rings. The van der Waals surface area contributed by atoms with Crippen LogP contribution in [0.1, 0.15) is 142 Å². The molecule has 0 amide bonds. The zero-order chi connectivity index (χ0) is 19.6. The van der Waals surface area contributed by atoms with Gasteiger partial charge >= 0.3 is 17.1 Å². The standard InChI is InChI=1S/2C13H25.Cu.Li/c2*1-3-5-7-9-11-13-12-10-8-6-4-2;;/h2*1,3H,4-13H2,2H3;;/q2*-1;+2;. The Balaban J connectivity index is -0.000000192. The fraction of sp³-hybridized carbons (Fsp3) is 0.846. The molecule has 0 atom stereocenters. The summed E-state index contributed by atoms with van der Waals surface area (Å²) in [6, 6.07) is 0. The molecule has 0 N–H and O–H groups in total. The summed E-state index contributed by atoms with van der Waals surface area (Å²) in [4.78, 5) is 0. The molecule has 0 aromatic carbocycles. The number of unbranched alkanes of at least 4 members (excludes halogenated alkanes) is 18. The number of hydrogen-bond acceptors (Lipinski definition) is 0. The minimum atomic E-state index is 0. The van der Waals surface area contributed by atoms with Crippen molar-refractivity contribution in [3.8, 4) is 0 Å². The molecular weight excluding hydrogens is 383 g/mol. The average Bonchev–Trinajstić information content (AvgIpc) is 2.66. The van der Waals surface area contributed by atoms with Gasteiger partial charge in [-0.3, -0.25) is 12.2 Å². The van der Waals surface area contributed by atoms with Crippen molar-refractivity contribution in [2.75, 3.05) is 0 Å². The Labute approximate surface area is 202 Å². The summed E-state index contributed by atoms with van der Waals surface area (Å²) in [5.74, 6) is 0. The molecule has 0 saturated carbocycles. The summed E-state index contributed by atoms with van der Waals surface area (Å²) in [6.07, 6.45) is 30.9. The van der Waals surface area contributed by atoms with Crippen molar-refractivity contribution in [2.45, 2.75) is 142 Å². The smallest absolute Gasteiger partial charge is 0.518 e. The molecule has 0 aliphatic heterocycles. The van der Waals surface area contributed by atoms with Crippen LogP contribution in [0.15, 0.2) is 12.2 Å². The molecule has 0 nitrogen and oxygen atoms in total. The van der Waals surface area contributed by atoms with Gasteiger partial charge in [-0.2, -0.15) is 0 Å². The van der Waals surface area contributed by atoms with E-state index in [1.54, 1.807) is 12.2 Å². The average molecular weight is 433 g/mol. The molecule has 0 aliphatic carbocycles. The van der Waals surface area contributed by atoms with Crippen LogP contribution < -0.4 is 0 Å². The predicted molar refractivity (Wildman–Crippen MR) is 127 cm³/mol. The van der Waals surface area contributed by atoms with Crippen molar-refractivity contribution in [2.24, 2.45) is 0 Å². The molecule has 0 aromatic rings. The van der Waals surface area contributed by atoms with Gasteiger partial charge in [0, 0.05) is 18.9 Å². The quantitative estimate of drug-likeness (QED) is 0.102. The first-order chi connectivity index (χ1) is 12.8. The van der Waals surface area contributed by atoms with Crippen LogP contribution in [0.3, 0.4) is 0 Å². The molecule has 0 aromatic heterocycles. The summed E-state index contributed by atoms with van der Waals surface area (Å²) in [6.45, 7) is 15.1. The first-order valence-electron chi connectivity index (χ1n) is 11.9. The third-order valence-corrected chi connectivity index (χ3v) is 4.95. The summed E-state index contributed by atoms with van der Waals surface area (Å²) >= 11 is 0. The van der Waals surface area contributed by atoms with E-state index >= 15 is 0 Å². The molecule has 0 rings (SSSR count). The molecule has 0 fully saturated rings. The van der Waals surface area contributed by atoms with Gasteiger partial charge in [0.1, 0.15) is 0 Å². The van der Waals surface area contributed by atoms with E-state index in [2.05, 4.69) is 13.8 Å².